The first-order valence-corrected chi connectivity index (χ1v) is 12.7. The van der Waals surface area contributed by atoms with E-state index in [0.29, 0.717) is 21.9 Å². The van der Waals surface area contributed by atoms with E-state index in [9.17, 15) is 13.2 Å². The first-order valence-electron chi connectivity index (χ1n) is 10.8. The molecule has 1 saturated heterocycles. The summed E-state index contributed by atoms with van der Waals surface area (Å²) >= 11 is 6.23. The van der Waals surface area contributed by atoms with E-state index in [1.165, 1.54) is 4.31 Å². The Kier molecular flexibility index (Phi) is 5.89. The van der Waals surface area contributed by atoms with Crippen molar-refractivity contribution in [1.29, 1.82) is 0 Å². The van der Waals surface area contributed by atoms with Gasteiger partial charge in [-0.1, -0.05) is 35.9 Å². The summed E-state index contributed by atoms with van der Waals surface area (Å²) in [6.07, 6.45) is 1.66. The molecule has 0 spiro atoms. The molecule has 3 heterocycles. The van der Waals surface area contributed by atoms with Gasteiger partial charge in [0.1, 0.15) is 10.7 Å². The summed E-state index contributed by atoms with van der Waals surface area (Å²) in [4.78, 5) is 19.1. The first-order chi connectivity index (χ1) is 16.3. The summed E-state index contributed by atoms with van der Waals surface area (Å²) in [5.41, 5.74) is 2.12. The molecule has 1 amide bonds. The third-order valence-corrected chi connectivity index (χ3v) is 8.17. The lowest BCUT2D eigenvalue weighted by Gasteiger charge is -2.33. The maximum atomic E-state index is 13.4. The summed E-state index contributed by atoms with van der Waals surface area (Å²) in [7, 11) is -3.76. The number of piperazine rings is 1. The molecular weight excluding hydrogens is 474 g/mol. The van der Waals surface area contributed by atoms with E-state index in [1.54, 1.807) is 41.4 Å². The number of hydrogen-bond donors (Lipinski definition) is 0. The molecule has 5 rings (SSSR count). The minimum absolute atomic E-state index is 0.181. The van der Waals surface area contributed by atoms with Crippen molar-refractivity contribution in [2.45, 2.75) is 11.8 Å². The standard InChI is InChI=1S/C25H22ClN3O4S/c1-17-15-18-5-4-8-23(24(18)27-16-17)34(31,32)29-13-11-28(12-14-29)25(30)22-10-9-21(33-22)19-6-2-3-7-20(19)26/h2-10,15-16H,11-14H2,1H3. The van der Waals surface area contributed by atoms with Gasteiger partial charge in [0.05, 0.1) is 10.5 Å². The molecule has 0 radical (unpaired) electrons. The average Bonchev–Trinajstić information content (AvgIpc) is 3.33. The summed E-state index contributed by atoms with van der Waals surface area (Å²) in [6.45, 7) is 2.82. The van der Waals surface area contributed by atoms with Crippen molar-refractivity contribution in [2.24, 2.45) is 0 Å². The van der Waals surface area contributed by atoms with Crippen molar-refractivity contribution in [1.82, 2.24) is 14.2 Å². The van der Waals surface area contributed by atoms with Crippen LogP contribution < -0.4 is 0 Å². The molecule has 2 aromatic heterocycles. The van der Waals surface area contributed by atoms with Crippen LogP contribution >= 0.6 is 11.6 Å². The third-order valence-electron chi connectivity index (χ3n) is 5.91. The number of para-hydroxylation sites is 1. The van der Waals surface area contributed by atoms with Crippen molar-refractivity contribution < 1.29 is 17.6 Å². The minimum Gasteiger partial charge on any atom is -0.451 e. The molecule has 2 aromatic carbocycles. The van der Waals surface area contributed by atoms with Crippen molar-refractivity contribution in [3.05, 3.63) is 83.2 Å². The quantitative estimate of drug-likeness (QED) is 0.413. The van der Waals surface area contributed by atoms with Crippen LogP contribution in [0.2, 0.25) is 5.02 Å². The number of carbonyl (C=O) groups excluding carboxylic acids is 1. The van der Waals surface area contributed by atoms with Crippen LogP contribution in [-0.2, 0) is 10.0 Å². The number of nitrogens with zero attached hydrogens (tertiary/aromatic N) is 3. The fourth-order valence-electron chi connectivity index (χ4n) is 4.14. The summed E-state index contributed by atoms with van der Waals surface area (Å²) in [5.74, 6) is 0.423. The summed E-state index contributed by atoms with van der Waals surface area (Å²) in [6, 6.07) is 17.7. The zero-order valence-electron chi connectivity index (χ0n) is 18.4. The molecule has 0 saturated carbocycles. The number of aryl methyl sites for hydroxylation is 1. The highest BCUT2D eigenvalue weighted by molar-refractivity contribution is 7.89. The number of halogens is 1. The molecule has 0 N–H and O–H groups in total. The van der Waals surface area contributed by atoms with Crippen LogP contribution in [0.1, 0.15) is 16.1 Å². The molecule has 0 bridgehead atoms. The Morgan fingerprint density at radius 2 is 1.76 bits per heavy atom. The summed E-state index contributed by atoms with van der Waals surface area (Å²) < 4.78 is 33.9. The molecule has 1 aliphatic heterocycles. The Hall–Kier alpha value is -3.20. The van der Waals surface area contributed by atoms with Gasteiger partial charge in [-0.2, -0.15) is 4.31 Å². The van der Waals surface area contributed by atoms with Gasteiger partial charge in [-0.15, -0.1) is 0 Å². The van der Waals surface area contributed by atoms with E-state index in [2.05, 4.69) is 4.98 Å². The normalized spacial score (nSPS) is 15.1. The molecule has 9 heteroatoms. The zero-order chi connectivity index (χ0) is 23.9. The van der Waals surface area contributed by atoms with Crippen LogP contribution in [0.4, 0.5) is 0 Å². The second kappa shape index (κ2) is 8.87. The zero-order valence-corrected chi connectivity index (χ0v) is 20.0. The van der Waals surface area contributed by atoms with Crippen molar-refractivity contribution in [3.63, 3.8) is 0 Å². The van der Waals surface area contributed by atoms with Crippen LogP contribution in [0.5, 0.6) is 0 Å². The molecule has 34 heavy (non-hydrogen) atoms. The number of benzene rings is 2. The van der Waals surface area contributed by atoms with Gasteiger partial charge in [0, 0.05) is 43.3 Å². The number of pyridine rings is 1. The van der Waals surface area contributed by atoms with Crippen LogP contribution in [0.25, 0.3) is 22.2 Å². The molecule has 0 aliphatic carbocycles. The van der Waals surface area contributed by atoms with Gasteiger partial charge in [-0.05, 0) is 48.9 Å². The lowest BCUT2D eigenvalue weighted by Crippen LogP contribution is -2.50. The van der Waals surface area contributed by atoms with Gasteiger partial charge in [-0.25, -0.2) is 8.42 Å². The van der Waals surface area contributed by atoms with Crippen LogP contribution in [-0.4, -0.2) is 54.7 Å². The number of furan rings is 1. The number of fused-ring (bicyclic) bond motifs is 1. The topological polar surface area (TPSA) is 83.7 Å². The van der Waals surface area contributed by atoms with Crippen LogP contribution in [0, 0.1) is 6.92 Å². The van der Waals surface area contributed by atoms with E-state index in [4.69, 9.17) is 16.0 Å². The Bertz CT molecular complexity index is 1490. The van der Waals surface area contributed by atoms with E-state index in [-0.39, 0.29) is 42.7 Å². The lowest BCUT2D eigenvalue weighted by molar-refractivity contribution is 0.0667. The van der Waals surface area contributed by atoms with E-state index >= 15 is 0 Å². The monoisotopic (exact) mass is 495 g/mol. The number of rotatable bonds is 4. The Labute approximate surface area is 202 Å². The number of aromatic nitrogens is 1. The third kappa shape index (κ3) is 4.09. The average molecular weight is 496 g/mol. The van der Waals surface area contributed by atoms with Gasteiger partial charge >= 0.3 is 0 Å². The van der Waals surface area contributed by atoms with E-state index in [0.717, 1.165) is 10.9 Å². The van der Waals surface area contributed by atoms with Crippen molar-refractivity contribution in [2.75, 3.05) is 26.2 Å². The number of amides is 1. The lowest BCUT2D eigenvalue weighted by atomic mass is 10.2. The smallest absolute Gasteiger partial charge is 0.289 e. The van der Waals surface area contributed by atoms with Gasteiger partial charge in [0.2, 0.25) is 10.0 Å². The molecule has 7 nitrogen and oxygen atoms in total. The Balaban J connectivity index is 1.31. The van der Waals surface area contributed by atoms with Crippen LogP contribution in [0.15, 0.2) is 76.2 Å². The molecule has 174 valence electrons. The largest absolute Gasteiger partial charge is 0.451 e. The highest BCUT2D eigenvalue weighted by Gasteiger charge is 2.32. The van der Waals surface area contributed by atoms with Gasteiger partial charge in [0.25, 0.3) is 5.91 Å². The fraction of sp³-hybridized carbons (Fsp3) is 0.200. The fourth-order valence-corrected chi connectivity index (χ4v) is 5.95. The van der Waals surface area contributed by atoms with Gasteiger partial charge in [-0.3, -0.25) is 9.78 Å². The second-order valence-corrected chi connectivity index (χ2v) is 10.5. The van der Waals surface area contributed by atoms with Gasteiger partial charge < -0.3 is 9.32 Å². The molecular formula is C25H22ClN3O4S. The summed E-state index contributed by atoms with van der Waals surface area (Å²) in [5, 5.41) is 1.31. The first kappa shape index (κ1) is 22.6. The van der Waals surface area contributed by atoms with E-state index < -0.39 is 10.0 Å². The number of carbonyl (C=O) groups is 1. The predicted molar refractivity (Wildman–Crippen MR) is 130 cm³/mol. The highest BCUT2D eigenvalue weighted by atomic mass is 35.5. The van der Waals surface area contributed by atoms with Crippen molar-refractivity contribution in [3.8, 4) is 11.3 Å². The number of sulfonamides is 1. The van der Waals surface area contributed by atoms with E-state index in [1.807, 2.05) is 37.3 Å². The Morgan fingerprint density at radius 1 is 1.00 bits per heavy atom. The minimum atomic E-state index is -3.76. The van der Waals surface area contributed by atoms with Crippen LogP contribution in [0.3, 0.4) is 0 Å². The molecule has 0 atom stereocenters. The molecule has 0 unspecified atom stereocenters. The molecule has 1 aliphatic rings. The maximum absolute atomic E-state index is 13.4. The van der Waals surface area contributed by atoms with Gasteiger partial charge in [0.15, 0.2) is 5.76 Å². The second-order valence-electron chi connectivity index (χ2n) is 8.18. The molecule has 4 aromatic rings. The predicted octanol–water partition coefficient (Wildman–Crippen LogP) is 4.60. The molecule has 1 fully saturated rings. The highest BCUT2D eigenvalue weighted by Crippen LogP contribution is 2.30. The number of hydrogen-bond acceptors (Lipinski definition) is 5. The van der Waals surface area contributed by atoms with Crippen molar-refractivity contribution >= 4 is 38.4 Å². The maximum Gasteiger partial charge on any atom is 0.289 e. The Morgan fingerprint density at radius 3 is 2.53 bits per heavy atom. The SMILES string of the molecule is Cc1cnc2c(S(=O)(=O)N3CCN(C(=O)c4ccc(-c5ccccc5Cl)o4)CC3)cccc2c1.